The molecule has 1 aliphatic heterocycles. The van der Waals surface area contributed by atoms with Crippen LogP contribution in [-0.4, -0.2) is 29.8 Å². The van der Waals surface area contributed by atoms with Crippen LogP contribution in [0.25, 0.3) is 0 Å². The Labute approximate surface area is 87.9 Å². The van der Waals surface area contributed by atoms with Gasteiger partial charge in [0, 0.05) is 6.54 Å². The van der Waals surface area contributed by atoms with Crippen molar-refractivity contribution in [1.29, 1.82) is 0 Å². The number of piperazine rings is 1. The van der Waals surface area contributed by atoms with Gasteiger partial charge in [0.05, 0.1) is 0 Å². The Kier molecular flexibility index (Phi) is 2.67. The average molecular weight is 203 g/mol. The molecule has 1 aromatic rings. The Balaban J connectivity index is 2.05. The Hall–Kier alpha value is -1.84. The van der Waals surface area contributed by atoms with Gasteiger partial charge in [-0.25, -0.2) is 5.32 Å². The number of hydrogen-bond acceptors (Lipinski definition) is 2. The number of benzene rings is 1. The molecule has 2 rings (SSSR count). The molecule has 0 unspecified atom stereocenters. The van der Waals surface area contributed by atoms with Crippen LogP contribution in [0.5, 0.6) is 0 Å². The normalized spacial score (nSPS) is 16.4. The van der Waals surface area contributed by atoms with Crippen LogP contribution in [0.15, 0.2) is 30.3 Å². The lowest BCUT2D eigenvalue weighted by molar-refractivity contribution is -0.141. The Morgan fingerprint density at radius 3 is 2.67 bits per heavy atom. The van der Waals surface area contributed by atoms with E-state index in [1.54, 1.807) is 0 Å². The van der Waals surface area contributed by atoms with Crippen LogP contribution >= 0.6 is 0 Å². The summed E-state index contributed by atoms with van der Waals surface area (Å²) < 4.78 is 0. The molecule has 0 spiro atoms. The minimum absolute atomic E-state index is 0.00827. The summed E-state index contributed by atoms with van der Waals surface area (Å²) in [6.07, 6.45) is 0. The van der Waals surface area contributed by atoms with E-state index in [0.29, 0.717) is 6.54 Å². The molecule has 15 heavy (non-hydrogen) atoms. The first-order valence-corrected chi connectivity index (χ1v) is 4.78. The van der Waals surface area contributed by atoms with Crippen LogP contribution in [0.2, 0.25) is 0 Å². The highest BCUT2D eigenvalue weighted by atomic mass is 16.2. The van der Waals surface area contributed by atoms with Crippen molar-refractivity contribution in [2.45, 2.75) is 6.54 Å². The Bertz CT molecular complexity index is 375. The summed E-state index contributed by atoms with van der Waals surface area (Å²) in [6.45, 7) is 0.584. The maximum atomic E-state index is 11.4. The smallest absolute Gasteiger partial charge is 0.261 e. The van der Waals surface area contributed by atoms with Crippen LogP contribution in [0.4, 0.5) is 0 Å². The van der Waals surface area contributed by atoms with E-state index in [1.165, 1.54) is 4.90 Å². The third-order valence-corrected chi connectivity index (χ3v) is 2.29. The van der Waals surface area contributed by atoms with Crippen LogP contribution < -0.4 is 5.32 Å². The molecule has 0 aliphatic carbocycles. The van der Waals surface area contributed by atoms with E-state index in [4.69, 9.17) is 0 Å². The third kappa shape index (κ3) is 2.34. The first-order chi connectivity index (χ1) is 7.25. The molecule has 4 nitrogen and oxygen atoms in total. The fourth-order valence-electron chi connectivity index (χ4n) is 1.51. The molecule has 0 atom stereocenters. The van der Waals surface area contributed by atoms with Gasteiger partial charge in [0.25, 0.3) is 5.91 Å². The first kappa shape index (κ1) is 9.71. The predicted molar refractivity (Wildman–Crippen MR) is 53.9 cm³/mol. The summed E-state index contributed by atoms with van der Waals surface area (Å²) in [4.78, 5) is 24.0. The molecule has 77 valence electrons. The summed E-state index contributed by atoms with van der Waals surface area (Å²) in [5.74, 6) is -0.302. The van der Waals surface area contributed by atoms with Gasteiger partial charge in [-0.2, -0.15) is 0 Å². The highest BCUT2D eigenvalue weighted by Gasteiger charge is 2.24. The molecule has 1 fully saturated rings. The monoisotopic (exact) mass is 203 g/mol. The first-order valence-electron chi connectivity index (χ1n) is 4.78. The largest absolute Gasteiger partial charge is 0.327 e. The van der Waals surface area contributed by atoms with Gasteiger partial charge in [0.15, 0.2) is 0 Å². The van der Waals surface area contributed by atoms with Crippen LogP contribution in [0.3, 0.4) is 0 Å². The minimum atomic E-state index is -0.217. The van der Waals surface area contributed by atoms with E-state index in [0.717, 1.165) is 5.56 Å². The average Bonchev–Trinajstić information content (AvgIpc) is 2.25. The highest BCUT2D eigenvalue weighted by Crippen LogP contribution is 2.06. The highest BCUT2D eigenvalue weighted by molar-refractivity contribution is 5.92. The van der Waals surface area contributed by atoms with E-state index in [-0.39, 0.29) is 24.9 Å². The van der Waals surface area contributed by atoms with Gasteiger partial charge < -0.3 is 4.90 Å². The van der Waals surface area contributed by atoms with E-state index >= 15 is 0 Å². The molecule has 1 aliphatic rings. The maximum Gasteiger partial charge on any atom is 0.261 e. The molecule has 2 amide bonds. The van der Waals surface area contributed by atoms with E-state index in [9.17, 15) is 9.59 Å². The fraction of sp³-hybridized carbons (Fsp3) is 0.273. The summed E-state index contributed by atoms with van der Waals surface area (Å²) in [6, 6.07) is 9.61. The molecule has 1 aromatic carbocycles. The molecular formula is C11H11N2O2. The van der Waals surface area contributed by atoms with E-state index in [1.807, 2.05) is 30.3 Å². The maximum absolute atomic E-state index is 11.4. The Morgan fingerprint density at radius 1 is 1.20 bits per heavy atom. The van der Waals surface area contributed by atoms with E-state index < -0.39 is 0 Å². The number of nitrogens with zero attached hydrogens (tertiary/aromatic N) is 2. The van der Waals surface area contributed by atoms with Crippen molar-refractivity contribution in [3.8, 4) is 0 Å². The molecule has 1 saturated heterocycles. The van der Waals surface area contributed by atoms with Gasteiger partial charge in [0.1, 0.15) is 13.1 Å². The fourth-order valence-corrected chi connectivity index (χ4v) is 1.51. The zero-order valence-electron chi connectivity index (χ0n) is 8.22. The Morgan fingerprint density at radius 2 is 1.93 bits per heavy atom. The quantitative estimate of drug-likeness (QED) is 0.687. The third-order valence-electron chi connectivity index (χ3n) is 2.29. The van der Waals surface area contributed by atoms with Crippen molar-refractivity contribution in [2.24, 2.45) is 0 Å². The molecule has 0 bridgehead atoms. The minimum Gasteiger partial charge on any atom is -0.327 e. The number of hydrogen-bond donors (Lipinski definition) is 0. The van der Waals surface area contributed by atoms with Gasteiger partial charge in [-0.3, -0.25) is 9.59 Å². The zero-order chi connectivity index (χ0) is 10.7. The molecule has 0 N–H and O–H groups in total. The molecule has 4 heteroatoms. The second-order valence-corrected chi connectivity index (χ2v) is 3.45. The van der Waals surface area contributed by atoms with Crippen molar-refractivity contribution in [3.63, 3.8) is 0 Å². The lowest BCUT2D eigenvalue weighted by Crippen LogP contribution is -2.47. The number of rotatable bonds is 2. The molecule has 1 radical (unpaired) electrons. The topological polar surface area (TPSA) is 51.5 Å². The van der Waals surface area contributed by atoms with Crippen LogP contribution in [0.1, 0.15) is 5.56 Å². The summed E-state index contributed by atoms with van der Waals surface area (Å²) in [7, 11) is 0. The molecule has 1 heterocycles. The van der Waals surface area contributed by atoms with Gasteiger partial charge in [-0.1, -0.05) is 30.3 Å². The standard InChI is InChI=1S/C11H11N2O2/c14-10-8-13(11(15)6-12-10)7-9-4-2-1-3-5-9/h1-5H,6-8H2. The lowest BCUT2D eigenvalue weighted by atomic mass is 10.2. The summed E-state index contributed by atoms with van der Waals surface area (Å²) in [5.41, 5.74) is 1.03. The summed E-state index contributed by atoms with van der Waals surface area (Å²) in [5, 5.41) is 3.57. The molecule has 0 saturated carbocycles. The SMILES string of the molecule is O=C1CN(Cc2ccccc2)C(=O)C[N]1. The van der Waals surface area contributed by atoms with Crippen molar-refractivity contribution >= 4 is 11.8 Å². The molecular weight excluding hydrogens is 192 g/mol. The van der Waals surface area contributed by atoms with Gasteiger partial charge in [0.2, 0.25) is 5.91 Å². The van der Waals surface area contributed by atoms with Crippen molar-refractivity contribution in [1.82, 2.24) is 10.2 Å². The van der Waals surface area contributed by atoms with Crippen LogP contribution in [0, 0.1) is 0 Å². The summed E-state index contributed by atoms with van der Waals surface area (Å²) >= 11 is 0. The second-order valence-electron chi connectivity index (χ2n) is 3.45. The van der Waals surface area contributed by atoms with Crippen molar-refractivity contribution < 1.29 is 9.59 Å². The predicted octanol–water partition coefficient (Wildman–Crippen LogP) is 0.160. The van der Waals surface area contributed by atoms with Gasteiger partial charge in [-0.05, 0) is 5.56 Å². The van der Waals surface area contributed by atoms with E-state index in [2.05, 4.69) is 5.32 Å². The lowest BCUT2D eigenvalue weighted by Gasteiger charge is -2.25. The molecule has 0 aromatic heterocycles. The van der Waals surface area contributed by atoms with Crippen molar-refractivity contribution in [3.05, 3.63) is 35.9 Å². The van der Waals surface area contributed by atoms with Gasteiger partial charge >= 0.3 is 0 Å². The number of amides is 2. The second kappa shape index (κ2) is 4.13. The zero-order valence-corrected chi connectivity index (χ0v) is 8.22. The van der Waals surface area contributed by atoms with Gasteiger partial charge in [-0.15, -0.1) is 0 Å². The van der Waals surface area contributed by atoms with Crippen molar-refractivity contribution in [2.75, 3.05) is 13.1 Å². The number of carbonyl (C=O) groups excluding carboxylic acids is 2. The number of carbonyl (C=O) groups is 2. The van der Waals surface area contributed by atoms with Crippen LogP contribution in [-0.2, 0) is 16.1 Å².